The van der Waals surface area contributed by atoms with E-state index in [2.05, 4.69) is 16.8 Å². The first kappa shape index (κ1) is 20.7. The summed E-state index contributed by atoms with van der Waals surface area (Å²) in [6, 6.07) is -0.154. The molecule has 0 saturated carbocycles. The molecule has 0 aromatic rings. The SMILES string of the molecule is C.CN1CCN(CCCN2C(=O)CN(C)C2=O)CC1.C[CH+]C. The van der Waals surface area contributed by atoms with E-state index in [0.717, 1.165) is 39.1 Å². The van der Waals surface area contributed by atoms with Crippen molar-refractivity contribution in [3.8, 4) is 0 Å². The first-order chi connectivity index (χ1) is 9.99. The molecule has 2 rings (SSSR count). The molecule has 3 amide bonds. The van der Waals surface area contributed by atoms with Crippen molar-refractivity contribution in [2.75, 3.05) is 59.9 Å². The van der Waals surface area contributed by atoms with E-state index in [-0.39, 0.29) is 25.9 Å². The van der Waals surface area contributed by atoms with Crippen LogP contribution in [0, 0.1) is 6.42 Å². The van der Waals surface area contributed by atoms with Crippen molar-refractivity contribution in [1.29, 1.82) is 0 Å². The highest BCUT2D eigenvalue weighted by atomic mass is 16.2. The molecule has 0 bridgehead atoms. The average molecular weight is 313 g/mol. The van der Waals surface area contributed by atoms with E-state index in [1.54, 1.807) is 7.05 Å². The molecule has 0 spiro atoms. The first-order valence-corrected chi connectivity index (χ1v) is 7.70. The van der Waals surface area contributed by atoms with Crippen molar-refractivity contribution in [3.63, 3.8) is 0 Å². The second-order valence-corrected chi connectivity index (χ2v) is 5.76. The van der Waals surface area contributed by atoms with E-state index < -0.39 is 0 Å². The highest BCUT2D eigenvalue weighted by molar-refractivity contribution is 6.01. The maximum Gasteiger partial charge on any atom is 0.326 e. The van der Waals surface area contributed by atoms with Gasteiger partial charge in [-0.2, -0.15) is 0 Å². The predicted molar refractivity (Wildman–Crippen MR) is 90.7 cm³/mol. The molecular weight excluding hydrogens is 280 g/mol. The lowest BCUT2D eigenvalue weighted by molar-refractivity contribution is -0.125. The van der Waals surface area contributed by atoms with E-state index in [4.69, 9.17) is 0 Å². The van der Waals surface area contributed by atoms with Gasteiger partial charge in [0.15, 0.2) is 0 Å². The molecule has 2 saturated heterocycles. The van der Waals surface area contributed by atoms with E-state index in [9.17, 15) is 9.59 Å². The Morgan fingerprint density at radius 3 is 2.00 bits per heavy atom. The number of imide groups is 1. The monoisotopic (exact) mass is 313 g/mol. The Morgan fingerprint density at radius 2 is 1.55 bits per heavy atom. The minimum Gasteiger partial charge on any atom is -0.318 e. The van der Waals surface area contributed by atoms with Crippen molar-refractivity contribution in [1.82, 2.24) is 19.6 Å². The molecule has 6 nitrogen and oxygen atoms in total. The van der Waals surface area contributed by atoms with E-state index in [0.29, 0.717) is 6.54 Å². The van der Waals surface area contributed by atoms with Crippen LogP contribution in [0.15, 0.2) is 0 Å². The number of urea groups is 1. The second kappa shape index (κ2) is 10.5. The molecule has 0 aromatic carbocycles. The molecular formula is C16H33N4O2+. The normalized spacial score (nSPS) is 19.6. The zero-order chi connectivity index (χ0) is 15.8. The van der Waals surface area contributed by atoms with Crippen LogP contribution in [0.25, 0.3) is 0 Å². The van der Waals surface area contributed by atoms with Crippen molar-refractivity contribution < 1.29 is 9.59 Å². The van der Waals surface area contributed by atoms with Crippen LogP contribution in [0.5, 0.6) is 0 Å². The van der Waals surface area contributed by atoms with Crippen molar-refractivity contribution in [3.05, 3.63) is 6.42 Å². The van der Waals surface area contributed by atoms with Crippen LogP contribution in [0.4, 0.5) is 4.79 Å². The molecule has 0 N–H and O–H groups in total. The molecule has 128 valence electrons. The van der Waals surface area contributed by atoms with Crippen LogP contribution in [0.1, 0.15) is 27.7 Å². The van der Waals surface area contributed by atoms with E-state index in [1.165, 1.54) is 9.80 Å². The number of piperazine rings is 1. The van der Waals surface area contributed by atoms with Gasteiger partial charge in [-0.15, -0.1) is 0 Å². The Labute approximate surface area is 136 Å². The molecule has 0 aliphatic carbocycles. The summed E-state index contributed by atoms with van der Waals surface area (Å²) in [6.45, 7) is 10.1. The van der Waals surface area contributed by atoms with Gasteiger partial charge in [0.05, 0.1) is 20.3 Å². The van der Waals surface area contributed by atoms with Gasteiger partial charge in [-0.25, -0.2) is 4.79 Å². The second-order valence-electron chi connectivity index (χ2n) is 5.76. The van der Waals surface area contributed by atoms with Gasteiger partial charge in [-0.1, -0.05) is 7.43 Å². The summed E-state index contributed by atoms with van der Waals surface area (Å²) < 4.78 is 0. The van der Waals surface area contributed by atoms with Crippen LogP contribution in [0.2, 0.25) is 0 Å². The Morgan fingerprint density at radius 1 is 1.00 bits per heavy atom. The lowest BCUT2D eigenvalue weighted by Gasteiger charge is -2.32. The quantitative estimate of drug-likeness (QED) is 0.581. The molecule has 0 aromatic heterocycles. The number of hydrogen-bond donors (Lipinski definition) is 0. The highest BCUT2D eigenvalue weighted by Crippen LogP contribution is 2.09. The van der Waals surface area contributed by atoms with Gasteiger partial charge in [-0.3, -0.25) is 9.69 Å². The van der Waals surface area contributed by atoms with Crippen molar-refractivity contribution in [2.24, 2.45) is 0 Å². The number of carbonyl (C=O) groups excluding carboxylic acids is 2. The maximum absolute atomic E-state index is 11.7. The van der Waals surface area contributed by atoms with Crippen molar-refractivity contribution in [2.45, 2.75) is 27.7 Å². The van der Waals surface area contributed by atoms with E-state index in [1.807, 2.05) is 20.3 Å². The van der Waals surface area contributed by atoms with Gasteiger partial charge in [0.1, 0.15) is 6.54 Å². The van der Waals surface area contributed by atoms with Gasteiger partial charge in [0.25, 0.3) is 0 Å². The number of amides is 3. The number of rotatable bonds is 4. The van der Waals surface area contributed by atoms with Crippen LogP contribution < -0.4 is 0 Å². The van der Waals surface area contributed by atoms with Gasteiger partial charge < -0.3 is 14.7 Å². The Balaban J connectivity index is 0.00000102. The topological polar surface area (TPSA) is 47.1 Å². The molecule has 0 unspecified atom stereocenters. The Kier molecular flexibility index (Phi) is 9.85. The maximum atomic E-state index is 11.7. The molecule has 22 heavy (non-hydrogen) atoms. The van der Waals surface area contributed by atoms with Gasteiger partial charge in [-0.05, 0) is 20.0 Å². The predicted octanol–water partition coefficient (Wildman–Crippen LogP) is 1.38. The summed E-state index contributed by atoms with van der Waals surface area (Å²) in [7, 11) is 3.80. The first-order valence-electron chi connectivity index (χ1n) is 7.70. The van der Waals surface area contributed by atoms with Crippen LogP contribution >= 0.6 is 0 Å². The lowest BCUT2D eigenvalue weighted by Crippen LogP contribution is -2.45. The third-order valence-corrected chi connectivity index (χ3v) is 3.68. The molecule has 6 heteroatoms. The summed E-state index contributed by atoms with van der Waals surface area (Å²) in [5.41, 5.74) is 0. The third kappa shape index (κ3) is 6.23. The van der Waals surface area contributed by atoms with Gasteiger partial charge in [0.2, 0.25) is 5.91 Å². The minimum atomic E-state index is -0.154. The number of likely N-dealkylation sites (N-methyl/N-ethyl adjacent to an activating group) is 2. The summed E-state index contributed by atoms with van der Waals surface area (Å²) in [5.74, 6) is -0.0686. The average Bonchev–Trinajstić information content (AvgIpc) is 2.68. The van der Waals surface area contributed by atoms with Crippen LogP contribution in [0.3, 0.4) is 0 Å². The minimum absolute atomic E-state index is 0. The molecule has 0 atom stereocenters. The summed E-state index contributed by atoms with van der Waals surface area (Å²) >= 11 is 0. The fraction of sp³-hybridized carbons (Fsp3) is 0.812. The van der Waals surface area contributed by atoms with E-state index >= 15 is 0 Å². The number of carbonyl (C=O) groups is 2. The fourth-order valence-corrected chi connectivity index (χ4v) is 2.41. The zero-order valence-corrected chi connectivity index (χ0v) is 13.8. The zero-order valence-electron chi connectivity index (χ0n) is 13.8. The molecule has 2 fully saturated rings. The molecule has 2 aliphatic rings. The van der Waals surface area contributed by atoms with Crippen LogP contribution in [-0.4, -0.2) is 91.4 Å². The lowest BCUT2D eigenvalue weighted by atomic mass is 10.3. The van der Waals surface area contributed by atoms with Crippen LogP contribution in [-0.2, 0) is 4.79 Å². The molecule has 2 heterocycles. The summed E-state index contributed by atoms with van der Waals surface area (Å²) in [4.78, 5) is 30.8. The van der Waals surface area contributed by atoms with Gasteiger partial charge in [0, 0.05) is 39.8 Å². The van der Waals surface area contributed by atoms with Gasteiger partial charge >= 0.3 is 6.03 Å². The molecule has 2 aliphatic heterocycles. The number of nitrogens with zero attached hydrogens (tertiary/aromatic N) is 4. The van der Waals surface area contributed by atoms with Crippen molar-refractivity contribution >= 4 is 11.9 Å². The highest BCUT2D eigenvalue weighted by Gasteiger charge is 2.32. The summed E-state index contributed by atoms with van der Waals surface area (Å²) in [5, 5.41) is 0. The molecule has 0 radical (unpaired) electrons. The number of hydrogen-bond acceptors (Lipinski definition) is 4. The smallest absolute Gasteiger partial charge is 0.318 e. The Hall–Kier alpha value is -1.27. The third-order valence-electron chi connectivity index (χ3n) is 3.68. The fourth-order valence-electron chi connectivity index (χ4n) is 2.41. The largest absolute Gasteiger partial charge is 0.326 e. The summed E-state index contributed by atoms with van der Waals surface area (Å²) in [6.07, 6.45) is 2.87. The Bertz CT molecular complexity index is 341. The standard InChI is InChI=1S/C12H22N4O2.C3H7.CH4/c1-13-6-8-15(9-7-13)4-3-5-16-11(17)10-14(2)12(16)18;1-3-2;/h3-10H2,1-2H3;3H,1-2H3;1H4/q;+1;.